The van der Waals surface area contributed by atoms with Gasteiger partial charge in [-0.1, -0.05) is 23.7 Å². The average molecular weight is 279 g/mol. The summed E-state index contributed by atoms with van der Waals surface area (Å²) in [4.78, 5) is 13.6. The SMILES string of the molecule is CN(C(=O)c1ccccc1N)c1ccc(F)c(Cl)c1. The van der Waals surface area contributed by atoms with Crippen LogP contribution in [0.25, 0.3) is 0 Å². The van der Waals surface area contributed by atoms with Crippen LogP contribution in [-0.2, 0) is 0 Å². The van der Waals surface area contributed by atoms with Crippen molar-refractivity contribution in [2.24, 2.45) is 0 Å². The first-order valence-electron chi connectivity index (χ1n) is 5.58. The van der Waals surface area contributed by atoms with E-state index in [9.17, 15) is 9.18 Å². The fourth-order valence-corrected chi connectivity index (χ4v) is 1.86. The quantitative estimate of drug-likeness (QED) is 0.857. The van der Waals surface area contributed by atoms with Crippen LogP contribution in [0, 0.1) is 5.82 Å². The highest BCUT2D eigenvalue weighted by molar-refractivity contribution is 6.31. The monoisotopic (exact) mass is 278 g/mol. The lowest BCUT2D eigenvalue weighted by molar-refractivity contribution is 0.0994. The molecule has 0 fully saturated rings. The maximum Gasteiger partial charge on any atom is 0.260 e. The number of nitrogens with zero attached hydrogens (tertiary/aromatic N) is 1. The molecule has 0 saturated carbocycles. The fourth-order valence-electron chi connectivity index (χ4n) is 1.68. The Morgan fingerprint density at radius 3 is 2.58 bits per heavy atom. The molecule has 2 aromatic carbocycles. The summed E-state index contributed by atoms with van der Waals surface area (Å²) in [5.74, 6) is -0.800. The second-order valence-corrected chi connectivity index (χ2v) is 4.46. The Morgan fingerprint density at radius 2 is 1.95 bits per heavy atom. The highest BCUT2D eigenvalue weighted by Gasteiger charge is 2.16. The number of rotatable bonds is 2. The number of benzene rings is 2. The number of amides is 1. The lowest BCUT2D eigenvalue weighted by Gasteiger charge is -2.18. The highest BCUT2D eigenvalue weighted by Crippen LogP contribution is 2.24. The van der Waals surface area contributed by atoms with Crippen molar-refractivity contribution in [2.45, 2.75) is 0 Å². The van der Waals surface area contributed by atoms with E-state index in [-0.39, 0.29) is 10.9 Å². The van der Waals surface area contributed by atoms with E-state index in [4.69, 9.17) is 17.3 Å². The number of halogens is 2. The zero-order valence-corrected chi connectivity index (χ0v) is 11.0. The van der Waals surface area contributed by atoms with E-state index in [0.717, 1.165) is 0 Å². The van der Waals surface area contributed by atoms with Crippen molar-refractivity contribution in [3.05, 3.63) is 58.9 Å². The molecule has 2 N–H and O–H groups in total. The molecule has 0 aromatic heterocycles. The highest BCUT2D eigenvalue weighted by atomic mass is 35.5. The predicted octanol–water partition coefficient (Wildman–Crippen LogP) is 3.34. The van der Waals surface area contributed by atoms with Gasteiger partial charge in [0.05, 0.1) is 10.6 Å². The van der Waals surface area contributed by atoms with Gasteiger partial charge in [-0.15, -0.1) is 0 Å². The van der Waals surface area contributed by atoms with Crippen LogP contribution in [0.5, 0.6) is 0 Å². The molecule has 0 heterocycles. The maximum absolute atomic E-state index is 13.1. The molecule has 0 bridgehead atoms. The number of carbonyl (C=O) groups excluding carboxylic acids is 1. The van der Waals surface area contributed by atoms with Crippen molar-refractivity contribution < 1.29 is 9.18 Å². The smallest absolute Gasteiger partial charge is 0.260 e. The van der Waals surface area contributed by atoms with Crippen LogP contribution in [0.3, 0.4) is 0 Å². The Balaban J connectivity index is 2.34. The minimum Gasteiger partial charge on any atom is -0.398 e. The number of anilines is 2. The zero-order chi connectivity index (χ0) is 14.0. The van der Waals surface area contributed by atoms with Crippen LogP contribution in [-0.4, -0.2) is 13.0 Å². The van der Waals surface area contributed by atoms with Crippen molar-refractivity contribution >= 4 is 28.9 Å². The van der Waals surface area contributed by atoms with E-state index in [1.165, 1.54) is 23.1 Å². The molecular formula is C14H12ClFN2O. The molecule has 19 heavy (non-hydrogen) atoms. The number of hydrogen-bond donors (Lipinski definition) is 1. The van der Waals surface area contributed by atoms with Gasteiger partial charge in [0.25, 0.3) is 5.91 Å². The van der Waals surface area contributed by atoms with Gasteiger partial charge in [0.2, 0.25) is 0 Å². The summed E-state index contributed by atoms with van der Waals surface area (Å²) in [6.45, 7) is 0. The third-order valence-corrected chi connectivity index (χ3v) is 3.08. The molecule has 0 unspecified atom stereocenters. The van der Waals surface area contributed by atoms with Crippen LogP contribution in [0.1, 0.15) is 10.4 Å². The molecule has 98 valence electrons. The minimum absolute atomic E-state index is 0.0295. The largest absolute Gasteiger partial charge is 0.398 e. The molecule has 5 heteroatoms. The minimum atomic E-state index is -0.523. The number of carbonyl (C=O) groups is 1. The number of nitrogens with two attached hydrogens (primary N) is 1. The fraction of sp³-hybridized carbons (Fsp3) is 0.0714. The van der Waals surface area contributed by atoms with Gasteiger partial charge in [-0.25, -0.2) is 4.39 Å². The Bertz CT molecular complexity index is 631. The van der Waals surface area contributed by atoms with Gasteiger partial charge in [0.1, 0.15) is 5.82 Å². The molecule has 0 saturated heterocycles. The van der Waals surface area contributed by atoms with Gasteiger partial charge in [-0.2, -0.15) is 0 Å². The van der Waals surface area contributed by atoms with E-state index < -0.39 is 5.82 Å². The van der Waals surface area contributed by atoms with Crippen LogP contribution in [0.4, 0.5) is 15.8 Å². The normalized spacial score (nSPS) is 10.3. The lowest BCUT2D eigenvalue weighted by Crippen LogP contribution is -2.27. The van der Waals surface area contributed by atoms with Gasteiger partial charge < -0.3 is 10.6 Å². The van der Waals surface area contributed by atoms with Crippen molar-refractivity contribution in [3.63, 3.8) is 0 Å². The van der Waals surface area contributed by atoms with E-state index in [2.05, 4.69) is 0 Å². The van der Waals surface area contributed by atoms with E-state index in [1.807, 2.05) is 0 Å². The summed E-state index contributed by atoms with van der Waals surface area (Å²) >= 11 is 5.70. The first-order chi connectivity index (χ1) is 9.00. The predicted molar refractivity (Wildman–Crippen MR) is 75.0 cm³/mol. The molecule has 1 amide bonds. The summed E-state index contributed by atoms with van der Waals surface area (Å²) in [6.07, 6.45) is 0. The second-order valence-electron chi connectivity index (χ2n) is 4.05. The van der Waals surface area contributed by atoms with E-state index in [1.54, 1.807) is 31.3 Å². The molecule has 0 aliphatic rings. The molecule has 2 aromatic rings. The van der Waals surface area contributed by atoms with E-state index >= 15 is 0 Å². The summed E-state index contributed by atoms with van der Waals surface area (Å²) in [5.41, 5.74) is 7.05. The Kier molecular flexibility index (Phi) is 3.71. The summed E-state index contributed by atoms with van der Waals surface area (Å²) < 4.78 is 13.1. The molecule has 0 aliphatic carbocycles. The molecule has 2 rings (SSSR count). The Hall–Kier alpha value is -2.07. The molecule has 3 nitrogen and oxygen atoms in total. The summed E-state index contributed by atoms with van der Waals surface area (Å²) in [5, 5.41) is -0.0295. The van der Waals surface area contributed by atoms with Gasteiger partial charge in [-0.05, 0) is 30.3 Å². The molecule has 0 radical (unpaired) electrons. The molecule has 0 atom stereocenters. The molecule has 0 aliphatic heterocycles. The zero-order valence-electron chi connectivity index (χ0n) is 10.2. The topological polar surface area (TPSA) is 46.3 Å². The van der Waals surface area contributed by atoms with Gasteiger partial charge in [-0.3, -0.25) is 4.79 Å². The van der Waals surface area contributed by atoms with Gasteiger partial charge in [0.15, 0.2) is 0 Å². The van der Waals surface area contributed by atoms with E-state index in [0.29, 0.717) is 16.9 Å². The third-order valence-electron chi connectivity index (χ3n) is 2.79. The number of para-hydroxylation sites is 1. The molecule has 0 spiro atoms. The summed E-state index contributed by atoms with van der Waals surface area (Å²) in [6, 6.07) is 10.9. The number of nitrogen functional groups attached to an aromatic ring is 1. The van der Waals surface area contributed by atoms with Crippen LogP contribution >= 0.6 is 11.6 Å². The Labute approximate surface area is 115 Å². The Morgan fingerprint density at radius 1 is 1.26 bits per heavy atom. The molecular weight excluding hydrogens is 267 g/mol. The van der Waals surface area contributed by atoms with Crippen molar-refractivity contribution in [3.8, 4) is 0 Å². The standard InChI is InChI=1S/C14H12ClFN2O/c1-18(9-6-7-12(16)11(15)8-9)14(19)10-4-2-3-5-13(10)17/h2-8H,17H2,1H3. The van der Waals surface area contributed by atoms with Crippen LogP contribution < -0.4 is 10.6 Å². The third kappa shape index (κ3) is 2.69. The first kappa shape index (κ1) is 13.4. The van der Waals surface area contributed by atoms with Crippen LogP contribution in [0.15, 0.2) is 42.5 Å². The average Bonchev–Trinajstić information content (AvgIpc) is 2.41. The van der Waals surface area contributed by atoms with Crippen molar-refractivity contribution in [1.82, 2.24) is 0 Å². The van der Waals surface area contributed by atoms with Crippen LogP contribution in [0.2, 0.25) is 5.02 Å². The second kappa shape index (κ2) is 5.28. The summed E-state index contributed by atoms with van der Waals surface area (Å²) in [7, 11) is 1.58. The number of hydrogen-bond acceptors (Lipinski definition) is 2. The first-order valence-corrected chi connectivity index (χ1v) is 5.96. The van der Waals surface area contributed by atoms with Gasteiger partial charge >= 0.3 is 0 Å². The lowest BCUT2D eigenvalue weighted by atomic mass is 10.1. The van der Waals surface area contributed by atoms with Crippen molar-refractivity contribution in [1.29, 1.82) is 0 Å². The van der Waals surface area contributed by atoms with Crippen molar-refractivity contribution in [2.75, 3.05) is 17.7 Å². The van der Waals surface area contributed by atoms with Gasteiger partial charge in [0, 0.05) is 18.4 Å². The maximum atomic E-state index is 13.1.